The Bertz CT molecular complexity index is 302. The Labute approximate surface area is 80.9 Å². The van der Waals surface area contributed by atoms with E-state index in [0.717, 1.165) is 0 Å². The highest BCUT2D eigenvalue weighted by Gasteiger charge is 2.11. The Morgan fingerprint density at radius 3 is 2.77 bits per heavy atom. The Hall–Kier alpha value is -0.800. The third kappa shape index (κ3) is 2.11. The number of aliphatic hydroxyl groups excluding tert-OH is 1. The fourth-order valence-electron chi connectivity index (χ4n) is 0.972. The Balaban J connectivity index is 3.13. The molecule has 0 saturated carbocycles. The highest BCUT2D eigenvalue weighted by molar-refractivity contribution is 6.32. The second kappa shape index (κ2) is 4.44. The summed E-state index contributed by atoms with van der Waals surface area (Å²) in [6.45, 7) is 1.85. The van der Waals surface area contributed by atoms with Crippen molar-refractivity contribution in [2.75, 3.05) is 6.61 Å². The standard InChI is InChI=1S/C9H10ClFO2/c1-2-13-9-7(11)4-3-6(5-12)8(9)10/h3-4,12H,2,5H2,1H3. The van der Waals surface area contributed by atoms with Crippen molar-refractivity contribution in [1.29, 1.82) is 0 Å². The summed E-state index contributed by atoms with van der Waals surface area (Å²) >= 11 is 5.77. The predicted octanol–water partition coefficient (Wildman–Crippen LogP) is 2.37. The first-order valence-electron chi connectivity index (χ1n) is 3.91. The van der Waals surface area contributed by atoms with Crippen LogP contribution in [0, 0.1) is 5.82 Å². The molecule has 0 aliphatic heterocycles. The Morgan fingerprint density at radius 1 is 1.54 bits per heavy atom. The average molecular weight is 205 g/mol. The summed E-state index contributed by atoms with van der Waals surface area (Å²) in [5.41, 5.74) is 0.464. The summed E-state index contributed by atoms with van der Waals surface area (Å²) in [5.74, 6) is -0.500. The lowest BCUT2D eigenvalue weighted by atomic mass is 10.2. The third-order valence-electron chi connectivity index (χ3n) is 1.59. The lowest BCUT2D eigenvalue weighted by Gasteiger charge is -2.09. The molecule has 1 aromatic carbocycles. The Kier molecular flexibility index (Phi) is 3.51. The first-order valence-corrected chi connectivity index (χ1v) is 4.29. The molecule has 1 N–H and O–H groups in total. The molecule has 1 rings (SSSR count). The maximum Gasteiger partial charge on any atom is 0.173 e. The molecule has 2 nitrogen and oxygen atoms in total. The molecule has 0 aliphatic carbocycles. The van der Waals surface area contributed by atoms with Gasteiger partial charge >= 0.3 is 0 Å². The molecule has 0 fully saturated rings. The maximum atomic E-state index is 13.1. The molecule has 0 saturated heterocycles. The SMILES string of the molecule is CCOc1c(F)ccc(CO)c1Cl. The van der Waals surface area contributed by atoms with Gasteiger partial charge in [0.2, 0.25) is 0 Å². The van der Waals surface area contributed by atoms with Crippen LogP contribution in [0.2, 0.25) is 5.02 Å². The van der Waals surface area contributed by atoms with Crippen LogP contribution in [0.15, 0.2) is 12.1 Å². The van der Waals surface area contributed by atoms with Gasteiger partial charge in [-0.2, -0.15) is 0 Å². The van der Waals surface area contributed by atoms with Gasteiger partial charge in [-0.1, -0.05) is 17.7 Å². The van der Waals surface area contributed by atoms with Crippen molar-refractivity contribution < 1.29 is 14.2 Å². The number of hydrogen-bond donors (Lipinski definition) is 1. The summed E-state index contributed by atoms with van der Waals surface area (Å²) in [5, 5.41) is 8.98. The molecule has 0 aromatic heterocycles. The number of ether oxygens (including phenoxy) is 1. The number of hydrogen-bond acceptors (Lipinski definition) is 2. The van der Waals surface area contributed by atoms with Gasteiger partial charge in [0, 0.05) is 5.56 Å². The van der Waals surface area contributed by atoms with Gasteiger partial charge in [0.05, 0.1) is 18.2 Å². The second-order valence-electron chi connectivity index (χ2n) is 2.44. The molecule has 0 atom stereocenters. The van der Waals surface area contributed by atoms with E-state index in [1.807, 2.05) is 0 Å². The minimum atomic E-state index is -0.510. The van der Waals surface area contributed by atoms with Gasteiger partial charge in [-0.3, -0.25) is 0 Å². The monoisotopic (exact) mass is 204 g/mol. The molecular weight excluding hydrogens is 195 g/mol. The van der Waals surface area contributed by atoms with Crippen LogP contribution in [0.4, 0.5) is 4.39 Å². The van der Waals surface area contributed by atoms with Crippen LogP contribution in [-0.2, 0) is 6.61 Å². The van der Waals surface area contributed by atoms with Crippen LogP contribution in [0.1, 0.15) is 12.5 Å². The van der Waals surface area contributed by atoms with Crippen molar-refractivity contribution in [3.63, 3.8) is 0 Å². The van der Waals surface area contributed by atoms with Gasteiger partial charge in [-0.05, 0) is 13.0 Å². The quantitative estimate of drug-likeness (QED) is 0.819. The summed E-state index contributed by atoms with van der Waals surface area (Å²) < 4.78 is 18.1. The van der Waals surface area contributed by atoms with Gasteiger partial charge in [-0.15, -0.1) is 0 Å². The minimum absolute atomic E-state index is 0.00992. The molecule has 4 heteroatoms. The highest BCUT2D eigenvalue weighted by atomic mass is 35.5. The van der Waals surface area contributed by atoms with Crippen LogP contribution >= 0.6 is 11.6 Å². The van der Waals surface area contributed by atoms with E-state index in [2.05, 4.69) is 0 Å². The normalized spacial score (nSPS) is 10.2. The van der Waals surface area contributed by atoms with Crippen molar-refractivity contribution in [2.45, 2.75) is 13.5 Å². The minimum Gasteiger partial charge on any atom is -0.489 e. The highest BCUT2D eigenvalue weighted by Crippen LogP contribution is 2.31. The zero-order valence-electron chi connectivity index (χ0n) is 7.18. The lowest BCUT2D eigenvalue weighted by molar-refractivity contribution is 0.278. The first kappa shape index (κ1) is 10.3. The van der Waals surface area contributed by atoms with Crippen molar-refractivity contribution >= 4 is 11.6 Å². The van der Waals surface area contributed by atoms with Gasteiger partial charge < -0.3 is 9.84 Å². The second-order valence-corrected chi connectivity index (χ2v) is 2.82. The van der Waals surface area contributed by atoms with Crippen molar-refractivity contribution in [1.82, 2.24) is 0 Å². The van der Waals surface area contributed by atoms with Crippen molar-refractivity contribution in [3.05, 3.63) is 28.5 Å². The largest absolute Gasteiger partial charge is 0.489 e. The predicted molar refractivity (Wildman–Crippen MR) is 48.5 cm³/mol. The van der Waals surface area contributed by atoms with Crippen molar-refractivity contribution in [2.24, 2.45) is 0 Å². The van der Waals surface area contributed by atoms with E-state index in [-0.39, 0.29) is 17.4 Å². The van der Waals surface area contributed by atoms with Crippen LogP contribution in [-0.4, -0.2) is 11.7 Å². The van der Waals surface area contributed by atoms with E-state index in [1.165, 1.54) is 12.1 Å². The molecule has 0 amide bonds. The van der Waals surface area contributed by atoms with E-state index in [0.29, 0.717) is 12.2 Å². The first-order chi connectivity index (χ1) is 6.20. The molecule has 72 valence electrons. The van der Waals surface area contributed by atoms with Crippen LogP contribution < -0.4 is 4.74 Å². The van der Waals surface area contributed by atoms with Crippen LogP contribution in [0.5, 0.6) is 5.75 Å². The molecule has 0 radical (unpaired) electrons. The van der Waals surface area contributed by atoms with Crippen molar-refractivity contribution in [3.8, 4) is 5.75 Å². The van der Waals surface area contributed by atoms with E-state index in [9.17, 15) is 4.39 Å². The zero-order chi connectivity index (χ0) is 9.84. The van der Waals surface area contributed by atoms with Gasteiger partial charge in [-0.25, -0.2) is 4.39 Å². The molecular formula is C9H10ClFO2. The van der Waals surface area contributed by atoms with Gasteiger partial charge in [0.25, 0.3) is 0 Å². The molecule has 0 bridgehead atoms. The van der Waals surface area contributed by atoms with E-state index in [4.69, 9.17) is 21.4 Å². The topological polar surface area (TPSA) is 29.5 Å². The number of aliphatic hydroxyl groups is 1. The number of rotatable bonds is 3. The smallest absolute Gasteiger partial charge is 0.173 e. The van der Waals surface area contributed by atoms with E-state index >= 15 is 0 Å². The summed E-state index contributed by atoms with van der Waals surface area (Å²) in [7, 11) is 0. The van der Waals surface area contributed by atoms with E-state index in [1.54, 1.807) is 6.92 Å². The van der Waals surface area contributed by atoms with Crippen LogP contribution in [0.25, 0.3) is 0 Å². The fraction of sp³-hybridized carbons (Fsp3) is 0.333. The number of benzene rings is 1. The number of halogens is 2. The summed E-state index contributed by atoms with van der Waals surface area (Å²) in [4.78, 5) is 0. The van der Waals surface area contributed by atoms with Gasteiger partial charge in [0.1, 0.15) is 0 Å². The average Bonchev–Trinajstić information content (AvgIpc) is 2.12. The molecule has 0 spiro atoms. The summed E-state index contributed by atoms with van der Waals surface area (Å²) in [6.07, 6.45) is 0. The summed E-state index contributed by atoms with van der Waals surface area (Å²) in [6, 6.07) is 2.66. The molecule has 0 aliphatic rings. The molecule has 1 aromatic rings. The molecule has 0 heterocycles. The lowest BCUT2D eigenvalue weighted by Crippen LogP contribution is -1.98. The Morgan fingerprint density at radius 2 is 2.23 bits per heavy atom. The maximum absolute atomic E-state index is 13.1. The van der Waals surface area contributed by atoms with E-state index < -0.39 is 5.82 Å². The van der Waals surface area contributed by atoms with Crippen LogP contribution in [0.3, 0.4) is 0 Å². The zero-order valence-corrected chi connectivity index (χ0v) is 7.94. The molecule has 0 unspecified atom stereocenters. The molecule has 13 heavy (non-hydrogen) atoms. The third-order valence-corrected chi connectivity index (χ3v) is 2.00. The fourth-order valence-corrected chi connectivity index (χ4v) is 1.24. The van der Waals surface area contributed by atoms with Gasteiger partial charge in [0.15, 0.2) is 11.6 Å².